The zero-order valence-electron chi connectivity index (χ0n) is 14.5. The van der Waals surface area contributed by atoms with Gasteiger partial charge in [-0.15, -0.1) is 0 Å². The number of alkyl carbamates (subject to hydrolysis) is 1. The lowest BCUT2D eigenvalue weighted by molar-refractivity contribution is -0.135. The number of methoxy groups -OCH3 is 1. The number of piperazine rings is 1. The number of carbonyl (C=O) groups excluding carboxylic acids is 2. The van der Waals surface area contributed by atoms with Crippen LogP contribution in [0.5, 0.6) is 0 Å². The van der Waals surface area contributed by atoms with Gasteiger partial charge >= 0.3 is 6.09 Å². The highest BCUT2D eigenvalue weighted by atomic mass is 16.5. The average Bonchev–Trinajstić information content (AvgIpc) is 2.59. The van der Waals surface area contributed by atoms with Crippen molar-refractivity contribution < 1.29 is 14.3 Å². The van der Waals surface area contributed by atoms with E-state index in [9.17, 15) is 9.59 Å². The van der Waals surface area contributed by atoms with Crippen LogP contribution in [0.2, 0.25) is 0 Å². The topological polar surface area (TPSA) is 61.9 Å². The Bertz CT molecular complexity index is 536. The van der Waals surface area contributed by atoms with E-state index in [0.717, 1.165) is 26.2 Å². The van der Waals surface area contributed by atoms with E-state index in [-0.39, 0.29) is 11.9 Å². The zero-order chi connectivity index (χ0) is 17.4. The van der Waals surface area contributed by atoms with Crippen LogP contribution in [0.15, 0.2) is 30.3 Å². The van der Waals surface area contributed by atoms with Gasteiger partial charge in [0, 0.05) is 45.2 Å². The fraction of sp³-hybridized carbons (Fsp3) is 0.556. The molecule has 1 aliphatic heterocycles. The molecule has 0 bridgehead atoms. The third-order valence-corrected chi connectivity index (χ3v) is 4.30. The molecule has 1 fully saturated rings. The van der Waals surface area contributed by atoms with Crippen molar-refractivity contribution >= 4 is 12.0 Å². The summed E-state index contributed by atoms with van der Waals surface area (Å²) in [6.07, 6.45) is 0.628. The molecule has 0 saturated carbocycles. The number of carbonyl (C=O) groups is 2. The van der Waals surface area contributed by atoms with E-state index in [1.54, 1.807) is 0 Å². The fourth-order valence-electron chi connectivity index (χ4n) is 3.03. The van der Waals surface area contributed by atoms with Crippen molar-refractivity contribution in [3.05, 3.63) is 35.9 Å². The summed E-state index contributed by atoms with van der Waals surface area (Å²) in [5, 5.41) is 2.60. The monoisotopic (exact) mass is 333 g/mol. The van der Waals surface area contributed by atoms with Gasteiger partial charge in [0.25, 0.3) is 0 Å². The molecule has 1 aromatic carbocycles. The third kappa shape index (κ3) is 5.53. The van der Waals surface area contributed by atoms with E-state index in [2.05, 4.69) is 46.1 Å². The summed E-state index contributed by atoms with van der Waals surface area (Å²) in [5.74, 6) is 0.161. The lowest BCUT2D eigenvalue weighted by Crippen LogP contribution is -2.53. The SMILES string of the molecule is COC(=O)NCCCC(=O)N1CCN(Cc2ccccc2)CC1C. The van der Waals surface area contributed by atoms with Crippen molar-refractivity contribution in [3.63, 3.8) is 0 Å². The molecule has 1 aromatic rings. The second-order valence-electron chi connectivity index (χ2n) is 6.18. The molecule has 1 unspecified atom stereocenters. The first-order valence-electron chi connectivity index (χ1n) is 8.47. The van der Waals surface area contributed by atoms with Crippen molar-refractivity contribution in [2.45, 2.75) is 32.4 Å². The van der Waals surface area contributed by atoms with Gasteiger partial charge in [0.2, 0.25) is 5.91 Å². The molecule has 0 radical (unpaired) electrons. The van der Waals surface area contributed by atoms with Gasteiger partial charge in [-0.2, -0.15) is 0 Å². The Morgan fingerprint density at radius 2 is 2.00 bits per heavy atom. The summed E-state index contributed by atoms with van der Waals surface area (Å²) in [6.45, 7) is 6.03. The molecule has 1 N–H and O–H groups in total. The quantitative estimate of drug-likeness (QED) is 0.807. The van der Waals surface area contributed by atoms with E-state index >= 15 is 0 Å². The number of ether oxygens (including phenoxy) is 1. The van der Waals surface area contributed by atoms with Gasteiger partial charge in [-0.25, -0.2) is 4.79 Å². The van der Waals surface area contributed by atoms with Crippen LogP contribution in [0.4, 0.5) is 4.79 Å². The van der Waals surface area contributed by atoms with Gasteiger partial charge in [0.15, 0.2) is 0 Å². The Kier molecular flexibility index (Phi) is 7.06. The number of amides is 2. The lowest BCUT2D eigenvalue weighted by atomic mass is 10.1. The Labute approximate surface area is 143 Å². The Balaban J connectivity index is 1.72. The van der Waals surface area contributed by atoms with Gasteiger partial charge in [0.1, 0.15) is 0 Å². The van der Waals surface area contributed by atoms with Crippen LogP contribution in [0.1, 0.15) is 25.3 Å². The first kappa shape index (κ1) is 18.3. The van der Waals surface area contributed by atoms with E-state index in [1.807, 2.05) is 11.0 Å². The minimum Gasteiger partial charge on any atom is -0.453 e. The molecule has 2 amide bonds. The number of benzene rings is 1. The first-order valence-corrected chi connectivity index (χ1v) is 8.47. The maximum absolute atomic E-state index is 12.4. The molecule has 6 nitrogen and oxygen atoms in total. The largest absolute Gasteiger partial charge is 0.453 e. The molecule has 0 spiro atoms. The van der Waals surface area contributed by atoms with Crippen LogP contribution in [-0.4, -0.2) is 61.1 Å². The maximum atomic E-state index is 12.4. The van der Waals surface area contributed by atoms with Crippen LogP contribution >= 0.6 is 0 Å². The summed E-state index contributed by atoms with van der Waals surface area (Å²) < 4.78 is 4.50. The fourth-order valence-corrected chi connectivity index (χ4v) is 3.03. The van der Waals surface area contributed by atoms with Crippen molar-refractivity contribution in [2.24, 2.45) is 0 Å². The van der Waals surface area contributed by atoms with Crippen molar-refractivity contribution in [3.8, 4) is 0 Å². The summed E-state index contributed by atoms with van der Waals surface area (Å²) in [6, 6.07) is 10.6. The molecule has 6 heteroatoms. The van der Waals surface area contributed by atoms with E-state index in [1.165, 1.54) is 12.7 Å². The number of nitrogens with zero attached hydrogens (tertiary/aromatic N) is 2. The molecule has 0 aliphatic carbocycles. The van der Waals surface area contributed by atoms with Crippen molar-refractivity contribution in [1.82, 2.24) is 15.1 Å². The van der Waals surface area contributed by atoms with Crippen molar-refractivity contribution in [1.29, 1.82) is 0 Å². The van der Waals surface area contributed by atoms with E-state index in [0.29, 0.717) is 19.4 Å². The molecular formula is C18H27N3O3. The second-order valence-corrected chi connectivity index (χ2v) is 6.18. The molecule has 0 aromatic heterocycles. The maximum Gasteiger partial charge on any atom is 0.406 e. The zero-order valence-corrected chi connectivity index (χ0v) is 14.5. The second kappa shape index (κ2) is 9.27. The summed E-state index contributed by atoms with van der Waals surface area (Å²) >= 11 is 0. The number of nitrogens with one attached hydrogen (secondary N) is 1. The minimum atomic E-state index is -0.453. The van der Waals surface area contributed by atoms with Gasteiger partial charge in [-0.1, -0.05) is 30.3 Å². The summed E-state index contributed by atoms with van der Waals surface area (Å²) in [5.41, 5.74) is 1.30. The summed E-state index contributed by atoms with van der Waals surface area (Å²) in [4.78, 5) is 27.7. The molecule has 2 rings (SSSR count). The van der Waals surface area contributed by atoms with E-state index < -0.39 is 6.09 Å². The smallest absolute Gasteiger partial charge is 0.406 e. The molecule has 1 aliphatic rings. The minimum absolute atomic E-state index is 0.161. The Morgan fingerprint density at radius 3 is 2.67 bits per heavy atom. The molecule has 24 heavy (non-hydrogen) atoms. The van der Waals surface area contributed by atoms with E-state index in [4.69, 9.17) is 0 Å². The number of rotatable bonds is 6. The highest BCUT2D eigenvalue weighted by Crippen LogP contribution is 2.14. The van der Waals surface area contributed by atoms with Gasteiger partial charge in [-0.3, -0.25) is 9.69 Å². The van der Waals surface area contributed by atoms with Gasteiger partial charge < -0.3 is 15.0 Å². The van der Waals surface area contributed by atoms with Crippen LogP contribution in [0, 0.1) is 0 Å². The van der Waals surface area contributed by atoms with Crippen LogP contribution in [0.3, 0.4) is 0 Å². The third-order valence-electron chi connectivity index (χ3n) is 4.30. The van der Waals surface area contributed by atoms with Crippen LogP contribution < -0.4 is 5.32 Å². The van der Waals surface area contributed by atoms with Crippen LogP contribution in [-0.2, 0) is 16.1 Å². The van der Waals surface area contributed by atoms with Gasteiger partial charge in [0.05, 0.1) is 7.11 Å². The van der Waals surface area contributed by atoms with Crippen LogP contribution in [0.25, 0.3) is 0 Å². The Morgan fingerprint density at radius 1 is 1.25 bits per heavy atom. The van der Waals surface area contributed by atoms with Gasteiger partial charge in [-0.05, 0) is 18.9 Å². The molecule has 1 heterocycles. The normalized spacial score (nSPS) is 18.2. The highest BCUT2D eigenvalue weighted by Gasteiger charge is 2.26. The number of hydrogen-bond donors (Lipinski definition) is 1. The molecule has 1 atom stereocenters. The predicted octanol–water partition coefficient (Wildman–Crippen LogP) is 1.86. The van der Waals surface area contributed by atoms with Crippen molar-refractivity contribution in [2.75, 3.05) is 33.3 Å². The molecular weight excluding hydrogens is 306 g/mol. The highest BCUT2D eigenvalue weighted by molar-refractivity contribution is 5.76. The first-order chi connectivity index (χ1) is 11.6. The average molecular weight is 333 g/mol. The lowest BCUT2D eigenvalue weighted by Gasteiger charge is -2.40. The number of hydrogen-bond acceptors (Lipinski definition) is 4. The Hall–Kier alpha value is -2.08. The summed E-state index contributed by atoms with van der Waals surface area (Å²) in [7, 11) is 1.33. The molecule has 1 saturated heterocycles. The molecule has 132 valence electrons. The standard InChI is InChI=1S/C18H27N3O3/c1-15-13-20(14-16-7-4-3-5-8-16)11-12-21(15)17(22)9-6-10-19-18(23)24-2/h3-5,7-8,15H,6,9-14H2,1-2H3,(H,19,23). The predicted molar refractivity (Wildman–Crippen MR) is 92.5 cm³/mol.